The average molecular weight is 229 g/mol. The van der Waals surface area contributed by atoms with Crippen molar-refractivity contribution in [1.82, 2.24) is 5.32 Å². The molecule has 1 atom stereocenters. The summed E-state index contributed by atoms with van der Waals surface area (Å²) in [5, 5.41) is 2.54. The largest absolute Gasteiger partial charge is 0.466 e. The van der Waals surface area contributed by atoms with Crippen LogP contribution in [0.5, 0.6) is 0 Å². The van der Waals surface area contributed by atoms with Crippen LogP contribution < -0.4 is 5.32 Å². The van der Waals surface area contributed by atoms with E-state index in [1.54, 1.807) is 6.92 Å². The molecule has 0 heterocycles. The minimum absolute atomic E-state index is 0.0456. The molecule has 0 radical (unpaired) electrons. The molecule has 0 aromatic heterocycles. The number of hydrogen-bond donors (Lipinski definition) is 1. The van der Waals surface area contributed by atoms with Gasteiger partial charge >= 0.3 is 11.9 Å². The second-order valence-corrected chi connectivity index (χ2v) is 3.09. The fraction of sp³-hybridized carbons (Fsp3) is 0.500. The molecule has 0 aromatic rings. The Bertz CT molecular complexity index is 298. The highest BCUT2D eigenvalue weighted by Gasteiger charge is 2.06. The van der Waals surface area contributed by atoms with Gasteiger partial charge in [-0.15, -0.1) is 0 Å². The summed E-state index contributed by atoms with van der Waals surface area (Å²) in [6.07, 6.45) is 1.93. The molecule has 0 aliphatic rings. The third kappa shape index (κ3) is 7.54. The topological polar surface area (TPSA) is 81.7 Å². The van der Waals surface area contributed by atoms with Crippen molar-refractivity contribution in [1.29, 1.82) is 0 Å². The first-order valence-electron chi connectivity index (χ1n) is 4.65. The molecule has 1 amide bonds. The lowest BCUT2D eigenvalue weighted by Crippen LogP contribution is -2.34. The smallest absolute Gasteiger partial charge is 0.331 e. The number of rotatable bonds is 5. The Morgan fingerprint density at radius 1 is 1.25 bits per heavy atom. The predicted molar refractivity (Wildman–Crippen MR) is 55.4 cm³/mol. The summed E-state index contributed by atoms with van der Waals surface area (Å²) in [5.41, 5.74) is 0. The fourth-order valence-electron chi connectivity index (χ4n) is 0.848. The quantitative estimate of drug-likeness (QED) is 0.520. The van der Waals surface area contributed by atoms with Crippen LogP contribution in [0.4, 0.5) is 0 Å². The van der Waals surface area contributed by atoms with Crippen molar-refractivity contribution in [2.45, 2.75) is 19.9 Å². The van der Waals surface area contributed by atoms with Crippen molar-refractivity contribution in [2.24, 2.45) is 0 Å². The van der Waals surface area contributed by atoms with Crippen LogP contribution in [-0.2, 0) is 23.9 Å². The molecule has 6 nitrogen and oxygen atoms in total. The highest BCUT2D eigenvalue weighted by atomic mass is 16.5. The zero-order valence-electron chi connectivity index (χ0n) is 9.48. The number of carbonyl (C=O) groups excluding carboxylic acids is 3. The van der Waals surface area contributed by atoms with Crippen LogP contribution >= 0.6 is 0 Å². The molecule has 1 unspecified atom stereocenters. The van der Waals surface area contributed by atoms with E-state index in [2.05, 4.69) is 10.1 Å². The minimum Gasteiger partial charge on any atom is -0.466 e. The normalized spacial score (nSPS) is 11.9. The molecule has 0 saturated carbocycles. The van der Waals surface area contributed by atoms with Gasteiger partial charge in [0.1, 0.15) is 6.61 Å². The Labute approximate surface area is 93.6 Å². The van der Waals surface area contributed by atoms with Crippen molar-refractivity contribution < 1.29 is 23.9 Å². The minimum atomic E-state index is -0.664. The van der Waals surface area contributed by atoms with Crippen LogP contribution in [0, 0.1) is 0 Å². The maximum Gasteiger partial charge on any atom is 0.331 e. The second-order valence-electron chi connectivity index (χ2n) is 3.09. The Morgan fingerprint density at radius 3 is 2.31 bits per heavy atom. The first-order chi connectivity index (χ1) is 7.45. The van der Waals surface area contributed by atoms with Gasteiger partial charge in [0.25, 0.3) is 0 Å². The van der Waals surface area contributed by atoms with Gasteiger partial charge in [-0.3, -0.25) is 4.79 Å². The van der Waals surface area contributed by atoms with E-state index >= 15 is 0 Å². The van der Waals surface area contributed by atoms with E-state index in [0.717, 1.165) is 12.2 Å². The highest BCUT2D eigenvalue weighted by Crippen LogP contribution is 1.88. The SMILES string of the molecule is COC(=O)/C=C/C(=O)OCC(C)NC(C)=O. The third-order valence-corrected chi connectivity index (χ3v) is 1.48. The van der Waals surface area contributed by atoms with E-state index in [1.807, 2.05) is 0 Å². The number of ether oxygens (including phenoxy) is 2. The van der Waals surface area contributed by atoms with Crippen LogP contribution in [-0.4, -0.2) is 37.6 Å². The Balaban J connectivity index is 3.85. The Kier molecular flexibility index (Phi) is 6.58. The zero-order valence-corrected chi connectivity index (χ0v) is 9.48. The van der Waals surface area contributed by atoms with Gasteiger partial charge in [0.05, 0.1) is 13.2 Å². The fourth-order valence-corrected chi connectivity index (χ4v) is 0.848. The molecule has 0 saturated heterocycles. The molecule has 0 spiro atoms. The zero-order chi connectivity index (χ0) is 12.6. The van der Waals surface area contributed by atoms with E-state index in [-0.39, 0.29) is 18.6 Å². The maximum atomic E-state index is 11.0. The van der Waals surface area contributed by atoms with Gasteiger partial charge in [-0.25, -0.2) is 9.59 Å². The van der Waals surface area contributed by atoms with Gasteiger partial charge in [-0.1, -0.05) is 0 Å². The number of esters is 2. The predicted octanol–water partition coefficient (Wildman–Crippen LogP) is -0.217. The number of amides is 1. The monoisotopic (exact) mass is 229 g/mol. The first-order valence-corrected chi connectivity index (χ1v) is 4.65. The van der Waals surface area contributed by atoms with Gasteiger partial charge in [0.2, 0.25) is 5.91 Å². The van der Waals surface area contributed by atoms with Gasteiger partial charge in [-0.2, -0.15) is 0 Å². The molecule has 0 aromatic carbocycles. The summed E-state index contributed by atoms with van der Waals surface area (Å²) in [6, 6.07) is -0.270. The number of hydrogen-bond acceptors (Lipinski definition) is 5. The lowest BCUT2D eigenvalue weighted by Gasteiger charge is -2.11. The lowest BCUT2D eigenvalue weighted by atomic mass is 10.3. The van der Waals surface area contributed by atoms with Crippen molar-refractivity contribution in [3.05, 3.63) is 12.2 Å². The van der Waals surface area contributed by atoms with Crippen molar-refractivity contribution in [2.75, 3.05) is 13.7 Å². The van der Waals surface area contributed by atoms with Crippen molar-refractivity contribution in [3.8, 4) is 0 Å². The Morgan fingerprint density at radius 2 is 1.81 bits per heavy atom. The molecule has 6 heteroatoms. The standard InChI is InChI=1S/C10H15NO5/c1-7(11-8(2)12)6-16-10(14)5-4-9(13)15-3/h4-5,7H,6H2,1-3H3,(H,11,12)/b5-4+. The summed E-state index contributed by atoms with van der Waals surface area (Å²) in [5.74, 6) is -1.50. The van der Waals surface area contributed by atoms with E-state index in [1.165, 1.54) is 14.0 Å². The number of methoxy groups -OCH3 is 1. The molecule has 0 aliphatic carbocycles. The highest BCUT2D eigenvalue weighted by molar-refractivity contribution is 5.91. The van der Waals surface area contributed by atoms with Crippen LogP contribution in [0.3, 0.4) is 0 Å². The van der Waals surface area contributed by atoms with E-state index < -0.39 is 11.9 Å². The van der Waals surface area contributed by atoms with Crippen molar-refractivity contribution >= 4 is 17.8 Å². The molecular weight excluding hydrogens is 214 g/mol. The first kappa shape index (κ1) is 14.2. The van der Waals surface area contributed by atoms with E-state index in [4.69, 9.17) is 4.74 Å². The van der Waals surface area contributed by atoms with Gasteiger partial charge in [0.15, 0.2) is 0 Å². The molecular formula is C10H15NO5. The van der Waals surface area contributed by atoms with Gasteiger partial charge in [0, 0.05) is 19.1 Å². The molecule has 0 aliphatic heterocycles. The summed E-state index contributed by atoms with van der Waals surface area (Å²) >= 11 is 0. The Hall–Kier alpha value is -1.85. The number of carbonyl (C=O) groups is 3. The third-order valence-electron chi connectivity index (χ3n) is 1.48. The van der Waals surface area contributed by atoms with E-state index in [9.17, 15) is 14.4 Å². The molecule has 90 valence electrons. The lowest BCUT2D eigenvalue weighted by molar-refractivity contribution is -0.140. The van der Waals surface area contributed by atoms with Gasteiger partial charge in [-0.05, 0) is 6.92 Å². The molecule has 0 rings (SSSR count). The summed E-state index contributed by atoms with van der Waals surface area (Å²) in [7, 11) is 1.21. The van der Waals surface area contributed by atoms with Crippen LogP contribution in [0.25, 0.3) is 0 Å². The summed E-state index contributed by atoms with van der Waals surface area (Å²) < 4.78 is 9.04. The summed E-state index contributed by atoms with van der Waals surface area (Å²) in [4.78, 5) is 32.3. The molecule has 0 bridgehead atoms. The molecule has 16 heavy (non-hydrogen) atoms. The van der Waals surface area contributed by atoms with Gasteiger partial charge < -0.3 is 14.8 Å². The summed E-state index contributed by atoms with van der Waals surface area (Å²) in [6.45, 7) is 3.11. The van der Waals surface area contributed by atoms with E-state index in [0.29, 0.717) is 0 Å². The average Bonchev–Trinajstić information content (AvgIpc) is 2.22. The van der Waals surface area contributed by atoms with Crippen LogP contribution in [0.1, 0.15) is 13.8 Å². The number of nitrogens with one attached hydrogen (secondary N) is 1. The second kappa shape index (κ2) is 7.44. The molecule has 0 fully saturated rings. The van der Waals surface area contributed by atoms with Crippen LogP contribution in [0.15, 0.2) is 12.2 Å². The molecule has 1 N–H and O–H groups in total. The van der Waals surface area contributed by atoms with Crippen LogP contribution in [0.2, 0.25) is 0 Å². The van der Waals surface area contributed by atoms with Crippen molar-refractivity contribution in [3.63, 3.8) is 0 Å². The maximum absolute atomic E-state index is 11.0.